The number of nitrogens with one attached hydrogen (secondary N) is 1. The third-order valence-electron chi connectivity index (χ3n) is 4.53. The lowest BCUT2D eigenvalue weighted by molar-refractivity contribution is 0.0925. The quantitative estimate of drug-likeness (QED) is 0.881. The smallest absolute Gasteiger partial charge is 0.258 e. The number of methoxy groups -OCH3 is 2. The van der Waals surface area contributed by atoms with Gasteiger partial charge < -0.3 is 19.7 Å². The van der Waals surface area contributed by atoms with Gasteiger partial charge in [0.25, 0.3) is 5.91 Å². The number of piperidine rings is 1. The van der Waals surface area contributed by atoms with Crippen molar-refractivity contribution in [2.45, 2.75) is 18.9 Å². The average molecular weight is 362 g/mol. The Kier molecular flexibility index (Phi) is 5.29. The van der Waals surface area contributed by atoms with Crippen molar-refractivity contribution < 1.29 is 18.7 Å². The summed E-state index contributed by atoms with van der Waals surface area (Å²) in [4.78, 5) is 14.9. The van der Waals surface area contributed by atoms with Gasteiger partial charge in [-0.15, -0.1) is 0 Å². The fourth-order valence-electron chi connectivity index (χ4n) is 3.27. The van der Waals surface area contributed by atoms with Crippen molar-refractivity contribution in [1.82, 2.24) is 15.1 Å². The molecule has 1 unspecified atom stereocenters. The van der Waals surface area contributed by atoms with Gasteiger partial charge in [0.2, 0.25) is 0 Å². The number of rotatable bonds is 5. The Labute approximate surface area is 151 Å². The average Bonchev–Trinajstić information content (AvgIpc) is 3.07. The zero-order valence-electron chi connectivity index (χ0n) is 15.2. The molecule has 0 radical (unpaired) electrons. The van der Waals surface area contributed by atoms with E-state index in [4.69, 9.17) is 9.47 Å². The van der Waals surface area contributed by atoms with Gasteiger partial charge in [-0.05, 0) is 25.0 Å². The van der Waals surface area contributed by atoms with Crippen molar-refractivity contribution >= 4 is 11.6 Å². The van der Waals surface area contributed by atoms with E-state index in [2.05, 4.69) is 15.3 Å². The summed E-state index contributed by atoms with van der Waals surface area (Å²) in [5.74, 6) is -0.721. The fourth-order valence-corrected chi connectivity index (χ4v) is 3.27. The third kappa shape index (κ3) is 3.58. The second kappa shape index (κ2) is 7.63. The number of anilines is 1. The van der Waals surface area contributed by atoms with Gasteiger partial charge in [-0.3, -0.25) is 9.48 Å². The maximum absolute atomic E-state index is 14.3. The molecular weight excluding hydrogens is 339 g/mol. The van der Waals surface area contributed by atoms with E-state index < -0.39 is 11.7 Å². The van der Waals surface area contributed by atoms with Crippen LogP contribution >= 0.6 is 0 Å². The van der Waals surface area contributed by atoms with Gasteiger partial charge in [0.15, 0.2) is 11.5 Å². The van der Waals surface area contributed by atoms with Crippen LogP contribution in [-0.2, 0) is 7.05 Å². The maximum Gasteiger partial charge on any atom is 0.258 e. The number of halogens is 1. The van der Waals surface area contributed by atoms with E-state index in [0.717, 1.165) is 25.1 Å². The van der Waals surface area contributed by atoms with E-state index in [0.29, 0.717) is 12.3 Å². The highest BCUT2D eigenvalue weighted by atomic mass is 19.1. The molecule has 0 aliphatic carbocycles. The Bertz CT molecular complexity index is 793. The van der Waals surface area contributed by atoms with Gasteiger partial charge in [0.05, 0.1) is 26.1 Å². The molecule has 8 heteroatoms. The molecule has 2 aromatic rings. The number of nitrogens with zero attached hydrogens (tertiary/aromatic N) is 3. The van der Waals surface area contributed by atoms with Crippen LogP contribution in [0.25, 0.3) is 0 Å². The SMILES string of the molecule is COc1ccc(F)c(C(=O)NC2CCCN(c3cnn(C)c3)C2)c1OC. The molecule has 0 bridgehead atoms. The fraction of sp³-hybridized carbons (Fsp3) is 0.444. The number of aryl methyl sites for hydroxylation is 1. The topological polar surface area (TPSA) is 68.6 Å². The van der Waals surface area contributed by atoms with Crippen LogP contribution in [0.3, 0.4) is 0 Å². The van der Waals surface area contributed by atoms with Gasteiger partial charge in [0.1, 0.15) is 11.4 Å². The summed E-state index contributed by atoms with van der Waals surface area (Å²) in [5.41, 5.74) is 0.877. The lowest BCUT2D eigenvalue weighted by Crippen LogP contribution is -2.48. The van der Waals surface area contributed by atoms with Crippen LogP contribution in [0.1, 0.15) is 23.2 Å². The highest BCUT2D eigenvalue weighted by Crippen LogP contribution is 2.33. The summed E-state index contributed by atoms with van der Waals surface area (Å²) in [6, 6.07) is 2.56. The van der Waals surface area contributed by atoms with Crippen molar-refractivity contribution in [2.75, 3.05) is 32.2 Å². The number of hydrogen-bond acceptors (Lipinski definition) is 5. The number of amides is 1. The number of aromatic nitrogens is 2. The molecule has 2 heterocycles. The first-order valence-corrected chi connectivity index (χ1v) is 8.48. The minimum atomic E-state index is -0.639. The predicted molar refractivity (Wildman–Crippen MR) is 95.4 cm³/mol. The van der Waals surface area contributed by atoms with Gasteiger partial charge in [0, 0.05) is 32.4 Å². The summed E-state index contributed by atoms with van der Waals surface area (Å²) in [6.07, 6.45) is 5.50. The van der Waals surface area contributed by atoms with Gasteiger partial charge in [-0.2, -0.15) is 5.10 Å². The van der Waals surface area contributed by atoms with E-state index in [1.807, 2.05) is 13.2 Å². The van der Waals surface area contributed by atoms with E-state index in [-0.39, 0.29) is 17.4 Å². The van der Waals surface area contributed by atoms with Crippen molar-refractivity contribution in [3.63, 3.8) is 0 Å². The summed E-state index contributed by atoms with van der Waals surface area (Å²) in [6.45, 7) is 1.54. The molecule has 1 amide bonds. The van der Waals surface area contributed by atoms with Gasteiger partial charge in [-0.25, -0.2) is 4.39 Å². The molecule has 0 spiro atoms. The first-order valence-electron chi connectivity index (χ1n) is 8.48. The number of ether oxygens (including phenoxy) is 2. The van der Waals surface area contributed by atoms with Crippen LogP contribution in [0.5, 0.6) is 11.5 Å². The van der Waals surface area contributed by atoms with Crippen LogP contribution < -0.4 is 19.7 Å². The van der Waals surface area contributed by atoms with Crippen molar-refractivity contribution in [3.8, 4) is 11.5 Å². The van der Waals surface area contributed by atoms with E-state index in [9.17, 15) is 9.18 Å². The number of benzene rings is 1. The molecule has 0 saturated carbocycles. The van der Waals surface area contributed by atoms with Crippen LogP contribution in [-0.4, -0.2) is 49.0 Å². The number of carbonyl (C=O) groups excluding carboxylic acids is 1. The van der Waals surface area contributed by atoms with Gasteiger partial charge >= 0.3 is 0 Å². The first-order chi connectivity index (χ1) is 12.5. The molecule has 3 rings (SSSR count). The molecule has 140 valence electrons. The van der Waals surface area contributed by atoms with Gasteiger partial charge in [-0.1, -0.05) is 0 Å². The molecule has 1 saturated heterocycles. The van der Waals surface area contributed by atoms with E-state index in [1.54, 1.807) is 10.9 Å². The Morgan fingerprint density at radius 3 is 2.81 bits per heavy atom. The summed E-state index contributed by atoms with van der Waals surface area (Å²) in [7, 11) is 4.70. The first kappa shape index (κ1) is 18.0. The molecule has 1 aliphatic rings. The zero-order chi connectivity index (χ0) is 18.7. The summed E-state index contributed by atoms with van der Waals surface area (Å²) >= 11 is 0. The Balaban J connectivity index is 1.75. The van der Waals surface area contributed by atoms with Crippen LogP contribution in [0.4, 0.5) is 10.1 Å². The number of hydrogen-bond donors (Lipinski definition) is 1. The Hall–Kier alpha value is -2.77. The molecule has 1 N–H and O–H groups in total. The largest absolute Gasteiger partial charge is 0.493 e. The molecular formula is C18H23FN4O3. The molecule has 1 fully saturated rings. The minimum absolute atomic E-state index is 0.0910. The Morgan fingerprint density at radius 1 is 1.35 bits per heavy atom. The Morgan fingerprint density at radius 2 is 2.15 bits per heavy atom. The lowest BCUT2D eigenvalue weighted by Gasteiger charge is -2.34. The second-order valence-electron chi connectivity index (χ2n) is 6.29. The molecule has 1 aromatic carbocycles. The third-order valence-corrected chi connectivity index (χ3v) is 4.53. The van der Waals surface area contributed by atoms with E-state index >= 15 is 0 Å². The van der Waals surface area contributed by atoms with Crippen molar-refractivity contribution in [1.29, 1.82) is 0 Å². The summed E-state index contributed by atoms with van der Waals surface area (Å²) < 4.78 is 26.4. The van der Waals surface area contributed by atoms with Crippen LogP contribution in [0, 0.1) is 5.82 Å². The standard InChI is InChI=1S/C18H23FN4O3/c1-22-11-13(9-20-22)23-8-4-5-12(10-23)21-18(24)16-14(19)6-7-15(25-2)17(16)26-3/h6-7,9,11-12H,4-5,8,10H2,1-3H3,(H,21,24). The minimum Gasteiger partial charge on any atom is -0.493 e. The summed E-state index contributed by atoms with van der Waals surface area (Å²) in [5, 5.41) is 7.11. The second-order valence-corrected chi connectivity index (χ2v) is 6.29. The molecule has 7 nitrogen and oxygen atoms in total. The normalized spacial score (nSPS) is 17.1. The van der Waals surface area contributed by atoms with Crippen molar-refractivity contribution in [2.24, 2.45) is 7.05 Å². The molecule has 1 atom stereocenters. The molecule has 1 aliphatic heterocycles. The highest BCUT2D eigenvalue weighted by Gasteiger charge is 2.27. The predicted octanol–water partition coefficient (Wildman–Crippen LogP) is 1.98. The zero-order valence-corrected chi connectivity index (χ0v) is 15.2. The highest BCUT2D eigenvalue weighted by molar-refractivity contribution is 5.98. The van der Waals surface area contributed by atoms with Crippen LogP contribution in [0.15, 0.2) is 24.5 Å². The monoisotopic (exact) mass is 362 g/mol. The van der Waals surface area contributed by atoms with E-state index in [1.165, 1.54) is 26.4 Å². The maximum atomic E-state index is 14.3. The molecule has 1 aromatic heterocycles. The van der Waals surface area contributed by atoms with Crippen molar-refractivity contribution in [3.05, 3.63) is 35.9 Å². The lowest BCUT2D eigenvalue weighted by atomic mass is 10.0. The number of carbonyl (C=O) groups is 1. The molecule has 26 heavy (non-hydrogen) atoms. The van der Waals surface area contributed by atoms with Crippen LogP contribution in [0.2, 0.25) is 0 Å².